The van der Waals surface area contributed by atoms with Crippen LogP contribution in [0.1, 0.15) is 19.4 Å². The van der Waals surface area contributed by atoms with Crippen molar-refractivity contribution in [2.75, 3.05) is 37.5 Å². The molecule has 0 saturated carbocycles. The lowest BCUT2D eigenvalue weighted by molar-refractivity contribution is -0.0123. The zero-order valence-corrected chi connectivity index (χ0v) is 24.0. The number of thiophene rings is 1. The molecule has 0 aliphatic carbocycles. The molecule has 2 N–H and O–H groups in total. The Kier molecular flexibility index (Phi) is 6.01. The number of aromatic amines is 1. The normalized spacial score (nSPS) is 18.6. The highest BCUT2D eigenvalue weighted by molar-refractivity contribution is 7.98. The summed E-state index contributed by atoms with van der Waals surface area (Å²) < 4.78 is 27.7. The highest BCUT2D eigenvalue weighted by atomic mass is 32.2. The minimum Gasteiger partial charge on any atom is -0.386 e. The number of benzene rings is 2. The first-order valence-corrected chi connectivity index (χ1v) is 15.5. The maximum Gasteiger partial charge on any atom is 0.190 e. The third-order valence-corrected chi connectivity index (χ3v) is 9.84. The van der Waals surface area contributed by atoms with E-state index in [0.29, 0.717) is 36.8 Å². The summed E-state index contributed by atoms with van der Waals surface area (Å²) in [5.74, 6) is 0.563. The first kappa shape index (κ1) is 25.1. The molecule has 0 spiro atoms. The third kappa shape index (κ3) is 4.00. The van der Waals surface area contributed by atoms with E-state index in [2.05, 4.69) is 15.1 Å². The number of hydrogen-bond acceptors (Lipinski definition) is 10. The maximum atomic E-state index is 15.1. The van der Waals surface area contributed by atoms with Crippen LogP contribution in [0.15, 0.2) is 29.6 Å². The van der Waals surface area contributed by atoms with Crippen LogP contribution in [-0.4, -0.2) is 67.8 Å². The van der Waals surface area contributed by atoms with Gasteiger partial charge in [-0.3, -0.25) is 5.10 Å². The predicted octanol–water partition coefficient (Wildman–Crippen LogP) is 6.01. The lowest BCUT2D eigenvalue weighted by Gasteiger charge is -2.28. The summed E-state index contributed by atoms with van der Waals surface area (Å²) in [5.41, 5.74) is 2.24. The standard InChI is InChI=1S/C27H25FN6O2S3/c1-4-14-16(28)6-5-13-9-17-15(10-29-32-17)19(18(13)14)21-23-22(39-33-21)20-24(30-26(37-3)31-25(20)38-23)34-7-8-36-12-27(2,35)11-34/h5-6,9-10,35H,4,7-8,11-12H2,1-3H3,(H,29,32)/t27-/m0/s1. The minimum absolute atomic E-state index is 0.217. The lowest BCUT2D eigenvalue weighted by atomic mass is 9.93. The van der Waals surface area contributed by atoms with Gasteiger partial charge in [0.05, 0.1) is 46.3 Å². The number of aromatic nitrogens is 5. The number of anilines is 1. The van der Waals surface area contributed by atoms with Crippen molar-refractivity contribution in [3.05, 3.63) is 35.8 Å². The number of rotatable bonds is 4. The van der Waals surface area contributed by atoms with E-state index in [4.69, 9.17) is 19.1 Å². The van der Waals surface area contributed by atoms with Gasteiger partial charge in [-0.25, -0.2) is 14.4 Å². The van der Waals surface area contributed by atoms with Gasteiger partial charge in [-0.05, 0) is 59.6 Å². The molecule has 1 aliphatic heterocycles. The number of ether oxygens (including phenoxy) is 1. The SMILES string of the molecule is CCc1c(F)ccc2cc3[nH]ncc3c(-c3nsc4c3sc3nc(SC)nc(N5CCOC[C@@](C)(O)C5)c34)c12. The molecule has 2 aromatic carbocycles. The average molecular weight is 581 g/mol. The number of aliphatic hydroxyl groups is 1. The second kappa shape index (κ2) is 9.34. The molecular formula is C27H25FN6O2S3. The lowest BCUT2D eigenvalue weighted by Crippen LogP contribution is -2.42. The van der Waals surface area contributed by atoms with Crippen molar-refractivity contribution < 1.29 is 14.2 Å². The van der Waals surface area contributed by atoms with E-state index in [9.17, 15) is 5.11 Å². The molecule has 1 saturated heterocycles. The molecule has 4 aromatic heterocycles. The number of H-pyrrole nitrogens is 1. The van der Waals surface area contributed by atoms with Gasteiger partial charge >= 0.3 is 0 Å². The van der Waals surface area contributed by atoms with Crippen molar-refractivity contribution in [3.8, 4) is 11.3 Å². The zero-order valence-electron chi connectivity index (χ0n) is 21.5. The van der Waals surface area contributed by atoms with Crippen molar-refractivity contribution in [2.45, 2.75) is 31.0 Å². The smallest absolute Gasteiger partial charge is 0.190 e. The minimum atomic E-state index is -1.00. The number of fused-ring (bicyclic) bond motifs is 5. The Hall–Kier alpha value is -2.90. The largest absolute Gasteiger partial charge is 0.386 e. The summed E-state index contributed by atoms with van der Waals surface area (Å²) in [7, 11) is 0. The van der Waals surface area contributed by atoms with E-state index in [1.807, 2.05) is 25.3 Å². The molecule has 1 atom stereocenters. The maximum absolute atomic E-state index is 15.1. The van der Waals surface area contributed by atoms with E-state index >= 15 is 4.39 Å². The predicted molar refractivity (Wildman–Crippen MR) is 158 cm³/mol. The van der Waals surface area contributed by atoms with Gasteiger partial charge in [-0.2, -0.15) is 9.47 Å². The number of nitrogens with zero attached hydrogens (tertiary/aromatic N) is 5. The summed E-state index contributed by atoms with van der Waals surface area (Å²) in [4.78, 5) is 12.7. The highest BCUT2D eigenvalue weighted by Gasteiger charge is 2.31. The monoisotopic (exact) mass is 580 g/mol. The molecule has 0 radical (unpaired) electrons. The fourth-order valence-corrected chi connectivity index (χ4v) is 8.18. The first-order valence-electron chi connectivity index (χ1n) is 12.6. The fraction of sp³-hybridized carbons (Fsp3) is 0.333. The number of hydrogen-bond donors (Lipinski definition) is 2. The van der Waals surface area contributed by atoms with Crippen LogP contribution in [0.2, 0.25) is 0 Å². The molecule has 1 aliphatic rings. The quantitative estimate of drug-likeness (QED) is 0.193. The summed E-state index contributed by atoms with van der Waals surface area (Å²) in [6.07, 6.45) is 4.31. The molecule has 0 amide bonds. The van der Waals surface area contributed by atoms with Gasteiger partial charge in [0.1, 0.15) is 27.8 Å². The van der Waals surface area contributed by atoms with Crippen LogP contribution < -0.4 is 4.90 Å². The topological polar surface area (TPSA) is 100 Å². The second-order valence-electron chi connectivity index (χ2n) is 10.0. The van der Waals surface area contributed by atoms with Crippen LogP contribution in [0.4, 0.5) is 10.2 Å². The zero-order chi connectivity index (χ0) is 26.9. The number of nitrogens with one attached hydrogen (secondary N) is 1. The summed E-state index contributed by atoms with van der Waals surface area (Å²) in [5, 5.41) is 22.6. The van der Waals surface area contributed by atoms with Crippen molar-refractivity contribution in [3.63, 3.8) is 0 Å². The first-order chi connectivity index (χ1) is 18.9. The van der Waals surface area contributed by atoms with E-state index in [1.54, 1.807) is 24.5 Å². The molecule has 12 heteroatoms. The summed E-state index contributed by atoms with van der Waals surface area (Å²) in [6, 6.07) is 5.38. The van der Waals surface area contributed by atoms with Crippen LogP contribution in [0, 0.1) is 5.82 Å². The molecule has 0 unspecified atom stereocenters. The Morgan fingerprint density at radius 3 is 2.95 bits per heavy atom. The highest BCUT2D eigenvalue weighted by Crippen LogP contribution is 2.48. The fourth-order valence-electron chi connectivity index (χ4n) is 5.52. The van der Waals surface area contributed by atoms with Crippen LogP contribution in [0.3, 0.4) is 0 Å². The number of aryl methyl sites for hydroxylation is 1. The summed E-state index contributed by atoms with van der Waals surface area (Å²) in [6.45, 7) is 5.54. The molecule has 5 heterocycles. The van der Waals surface area contributed by atoms with Crippen molar-refractivity contribution >= 4 is 81.7 Å². The van der Waals surface area contributed by atoms with Crippen LogP contribution >= 0.6 is 34.6 Å². The van der Waals surface area contributed by atoms with E-state index in [1.165, 1.54) is 29.4 Å². The molecule has 200 valence electrons. The van der Waals surface area contributed by atoms with E-state index in [0.717, 1.165) is 58.4 Å². The Balaban J connectivity index is 1.54. The molecule has 1 fully saturated rings. The van der Waals surface area contributed by atoms with Crippen LogP contribution in [0.25, 0.3) is 52.5 Å². The Bertz CT molecular complexity index is 1900. The number of halogens is 1. The summed E-state index contributed by atoms with van der Waals surface area (Å²) >= 11 is 4.48. The van der Waals surface area contributed by atoms with Crippen molar-refractivity contribution in [2.24, 2.45) is 0 Å². The van der Waals surface area contributed by atoms with Crippen molar-refractivity contribution in [1.29, 1.82) is 0 Å². The average Bonchev–Trinajstić information content (AvgIpc) is 3.61. The van der Waals surface area contributed by atoms with Gasteiger partial charge in [-0.15, -0.1) is 11.3 Å². The van der Waals surface area contributed by atoms with E-state index in [-0.39, 0.29) is 12.4 Å². The molecule has 39 heavy (non-hydrogen) atoms. The Morgan fingerprint density at radius 2 is 2.13 bits per heavy atom. The molecule has 7 rings (SSSR count). The molecule has 0 bridgehead atoms. The number of β-amino-alcohol motifs (C(OH)–C–C–N with tert-alkyl or cyclic N) is 1. The van der Waals surface area contributed by atoms with E-state index < -0.39 is 5.60 Å². The second-order valence-corrected chi connectivity index (χ2v) is 12.6. The van der Waals surface area contributed by atoms with Crippen molar-refractivity contribution in [1.82, 2.24) is 24.5 Å². The van der Waals surface area contributed by atoms with Gasteiger partial charge in [-0.1, -0.05) is 24.8 Å². The third-order valence-electron chi connectivity index (χ3n) is 7.21. The van der Waals surface area contributed by atoms with Gasteiger partial charge in [0, 0.05) is 17.5 Å². The van der Waals surface area contributed by atoms with Gasteiger partial charge in [0.15, 0.2) is 5.16 Å². The van der Waals surface area contributed by atoms with Gasteiger partial charge < -0.3 is 14.7 Å². The van der Waals surface area contributed by atoms with Gasteiger partial charge in [0.2, 0.25) is 0 Å². The molecule has 6 aromatic rings. The number of thioether (sulfide) groups is 1. The van der Waals surface area contributed by atoms with Crippen LogP contribution in [0.5, 0.6) is 0 Å². The Morgan fingerprint density at radius 1 is 1.26 bits per heavy atom. The molecule has 8 nitrogen and oxygen atoms in total. The van der Waals surface area contributed by atoms with Crippen LogP contribution in [-0.2, 0) is 11.2 Å². The molecular weight excluding hydrogens is 556 g/mol. The van der Waals surface area contributed by atoms with Gasteiger partial charge in [0.25, 0.3) is 0 Å². The Labute approximate surface area is 235 Å².